The SMILES string of the molecule is O=C1OC2=C(CCSc3ccccc32)C(N(c2ccccc2)c2ccccc2)C1(Cl)Cl. The average Bonchev–Trinajstić information content (AvgIpc) is 2.97. The van der Waals surface area contributed by atoms with Gasteiger partial charge in [-0.3, -0.25) is 0 Å². The van der Waals surface area contributed by atoms with Gasteiger partial charge in [-0.1, -0.05) is 77.8 Å². The number of rotatable bonds is 3. The molecule has 1 atom stereocenters. The molecular formula is C25H19Cl2NO2S. The fourth-order valence-corrected chi connectivity index (χ4v) is 5.72. The predicted molar refractivity (Wildman–Crippen MR) is 128 cm³/mol. The molecule has 0 N–H and O–H groups in total. The second-order valence-electron chi connectivity index (χ2n) is 7.41. The molecule has 0 saturated heterocycles. The quantitative estimate of drug-likeness (QED) is 0.311. The highest BCUT2D eigenvalue weighted by molar-refractivity contribution is 7.99. The Balaban J connectivity index is 1.77. The van der Waals surface area contributed by atoms with Gasteiger partial charge in [-0.2, -0.15) is 0 Å². The van der Waals surface area contributed by atoms with E-state index in [4.69, 9.17) is 27.9 Å². The zero-order valence-electron chi connectivity index (χ0n) is 16.5. The Hall–Kier alpha value is -2.40. The summed E-state index contributed by atoms with van der Waals surface area (Å²) in [6.45, 7) is 0. The van der Waals surface area contributed by atoms with Gasteiger partial charge in [-0.25, -0.2) is 4.79 Å². The third-order valence-corrected chi connectivity index (χ3v) is 7.32. The van der Waals surface area contributed by atoms with Crippen molar-refractivity contribution in [3.63, 3.8) is 0 Å². The van der Waals surface area contributed by atoms with Gasteiger partial charge in [0.05, 0.1) is 0 Å². The van der Waals surface area contributed by atoms with Crippen LogP contribution in [0.2, 0.25) is 0 Å². The molecule has 0 spiro atoms. The van der Waals surface area contributed by atoms with Crippen LogP contribution >= 0.6 is 35.0 Å². The lowest BCUT2D eigenvalue weighted by atomic mass is 9.91. The molecule has 1 unspecified atom stereocenters. The van der Waals surface area contributed by atoms with E-state index in [-0.39, 0.29) is 0 Å². The number of carbonyl (C=O) groups excluding carboxylic acids is 1. The Morgan fingerprint density at radius 1 is 0.871 bits per heavy atom. The van der Waals surface area contributed by atoms with Crippen LogP contribution in [0.25, 0.3) is 5.76 Å². The Kier molecular flexibility index (Phi) is 5.47. The van der Waals surface area contributed by atoms with Gasteiger partial charge in [0.2, 0.25) is 4.33 Å². The summed E-state index contributed by atoms with van der Waals surface area (Å²) < 4.78 is 4.03. The van der Waals surface area contributed by atoms with E-state index in [0.29, 0.717) is 12.2 Å². The van der Waals surface area contributed by atoms with E-state index in [1.54, 1.807) is 11.8 Å². The molecule has 0 aromatic heterocycles. The third-order valence-electron chi connectivity index (χ3n) is 5.52. The first kappa shape index (κ1) is 20.5. The molecule has 0 radical (unpaired) electrons. The van der Waals surface area contributed by atoms with Crippen molar-refractivity contribution in [2.24, 2.45) is 0 Å². The number of hydrogen-bond acceptors (Lipinski definition) is 4. The summed E-state index contributed by atoms with van der Waals surface area (Å²) in [6.07, 6.45) is 0.698. The molecule has 0 saturated carbocycles. The van der Waals surface area contributed by atoms with E-state index in [2.05, 4.69) is 0 Å². The second-order valence-corrected chi connectivity index (χ2v) is 9.93. The molecule has 0 aliphatic carbocycles. The molecule has 2 aliphatic rings. The van der Waals surface area contributed by atoms with Gasteiger partial charge in [0.25, 0.3) is 0 Å². The van der Waals surface area contributed by atoms with Gasteiger partial charge in [0, 0.05) is 33.2 Å². The summed E-state index contributed by atoms with van der Waals surface area (Å²) in [5.41, 5.74) is 3.63. The number of anilines is 2. The Morgan fingerprint density at radius 3 is 2.10 bits per heavy atom. The van der Waals surface area contributed by atoms with Crippen molar-refractivity contribution in [3.05, 3.63) is 96.1 Å². The number of ether oxygens (including phenoxy) is 1. The normalized spacial score (nSPS) is 19.7. The fourth-order valence-electron chi connectivity index (χ4n) is 4.15. The molecule has 6 heteroatoms. The highest BCUT2D eigenvalue weighted by Crippen LogP contribution is 2.50. The topological polar surface area (TPSA) is 29.5 Å². The lowest BCUT2D eigenvalue weighted by Crippen LogP contribution is -2.53. The first-order valence-corrected chi connectivity index (χ1v) is 11.8. The molecule has 3 aromatic carbocycles. The van der Waals surface area contributed by atoms with Crippen molar-refractivity contribution in [1.82, 2.24) is 0 Å². The molecule has 2 heterocycles. The maximum Gasteiger partial charge on any atom is 0.350 e. The van der Waals surface area contributed by atoms with E-state index in [1.807, 2.05) is 89.8 Å². The van der Waals surface area contributed by atoms with E-state index >= 15 is 0 Å². The van der Waals surface area contributed by atoms with Crippen LogP contribution in [0, 0.1) is 0 Å². The fraction of sp³-hybridized carbons (Fsp3) is 0.160. The number of esters is 1. The number of hydrogen-bond donors (Lipinski definition) is 0. The minimum absolute atomic E-state index is 0.574. The van der Waals surface area contributed by atoms with Gasteiger partial charge < -0.3 is 9.64 Å². The van der Waals surface area contributed by atoms with Crippen LogP contribution in [0.15, 0.2) is 95.4 Å². The number of alkyl halides is 2. The zero-order chi connectivity index (χ0) is 21.4. The molecule has 0 amide bonds. The monoisotopic (exact) mass is 467 g/mol. The number of thioether (sulfide) groups is 1. The molecule has 2 aliphatic heterocycles. The Bertz CT molecular complexity index is 1110. The molecule has 156 valence electrons. The number of halogens is 2. The van der Waals surface area contributed by atoms with Gasteiger partial charge in [0.1, 0.15) is 11.8 Å². The van der Waals surface area contributed by atoms with Gasteiger partial charge in [-0.15, -0.1) is 11.8 Å². The van der Waals surface area contributed by atoms with Crippen molar-refractivity contribution in [3.8, 4) is 0 Å². The largest absolute Gasteiger partial charge is 0.424 e. The number of para-hydroxylation sites is 2. The maximum atomic E-state index is 13.1. The maximum absolute atomic E-state index is 13.1. The summed E-state index contributed by atoms with van der Waals surface area (Å²) in [6, 6.07) is 27.1. The highest BCUT2D eigenvalue weighted by atomic mass is 35.5. The minimum atomic E-state index is -1.77. The van der Waals surface area contributed by atoms with Crippen molar-refractivity contribution >= 4 is 58.1 Å². The van der Waals surface area contributed by atoms with E-state index < -0.39 is 16.3 Å². The van der Waals surface area contributed by atoms with Crippen LogP contribution in [-0.2, 0) is 9.53 Å². The summed E-state index contributed by atoms with van der Waals surface area (Å²) in [7, 11) is 0. The number of fused-ring (bicyclic) bond motifs is 2. The van der Waals surface area contributed by atoms with Crippen molar-refractivity contribution in [2.45, 2.75) is 21.7 Å². The van der Waals surface area contributed by atoms with Crippen LogP contribution in [0.4, 0.5) is 11.4 Å². The standard InChI is InChI=1S/C25H19Cl2NO2S/c26-25(27)23(28(17-9-3-1-4-10-17)18-11-5-2-6-12-18)20-15-16-31-21-14-8-7-13-19(21)22(20)30-24(25)29/h1-14,23H,15-16H2. The Labute approximate surface area is 195 Å². The molecule has 3 aromatic rings. The summed E-state index contributed by atoms with van der Waals surface area (Å²) in [5, 5.41) is 0. The first-order chi connectivity index (χ1) is 15.1. The summed E-state index contributed by atoms with van der Waals surface area (Å²) >= 11 is 15.3. The molecular weight excluding hydrogens is 449 g/mol. The lowest BCUT2D eigenvalue weighted by Gasteiger charge is -2.43. The van der Waals surface area contributed by atoms with Gasteiger partial charge in [0.15, 0.2) is 0 Å². The molecule has 0 bridgehead atoms. The van der Waals surface area contributed by atoms with Gasteiger partial charge in [-0.05, 0) is 36.8 Å². The zero-order valence-corrected chi connectivity index (χ0v) is 18.8. The van der Waals surface area contributed by atoms with Crippen molar-refractivity contribution in [2.75, 3.05) is 10.7 Å². The Morgan fingerprint density at radius 2 is 1.45 bits per heavy atom. The van der Waals surface area contributed by atoms with Crippen LogP contribution < -0.4 is 4.90 Å². The summed E-state index contributed by atoms with van der Waals surface area (Å²) in [5.74, 6) is 0.757. The van der Waals surface area contributed by atoms with Crippen LogP contribution in [-0.4, -0.2) is 22.1 Å². The number of benzene rings is 3. The number of nitrogens with zero attached hydrogens (tertiary/aromatic N) is 1. The highest BCUT2D eigenvalue weighted by Gasteiger charge is 2.54. The minimum Gasteiger partial charge on any atom is -0.424 e. The van der Waals surface area contributed by atoms with E-state index in [0.717, 1.165) is 33.2 Å². The summed E-state index contributed by atoms with van der Waals surface area (Å²) in [4.78, 5) is 16.3. The second kappa shape index (κ2) is 8.27. The van der Waals surface area contributed by atoms with Crippen LogP contribution in [0.3, 0.4) is 0 Å². The van der Waals surface area contributed by atoms with E-state index in [1.165, 1.54) is 0 Å². The van der Waals surface area contributed by atoms with Crippen molar-refractivity contribution in [1.29, 1.82) is 0 Å². The predicted octanol–water partition coefficient (Wildman–Crippen LogP) is 6.83. The van der Waals surface area contributed by atoms with Crippen LogP contribution in [0.1, 0.15) is 12.0 Å². The third kappa shape index (κ3) is 3.63. The first-order valence-electron chi connectivity index (χ1n) is 10.0. The molecule has 5 rings (SSSR count). The number of carbonyl (C=O) groups is 1. The smallest absolute Gasteiger partial charge is 0.350 e. The van der Waals surface area contributed by atoms with E-state index in [9.17, 15) is 4.79 Å². The van der Waals surface area contributed by atoms with Crippen LogP contribution in [0.5, 0.6) is 0 Å². The molecule has 31 heavy (non-hydrogen) atoms. The average molecular weight is 468 g/mol. The van der Waals surface area contributed by atoms with Gasteiger partial charge >= 0.3 is 5.97 Å². The lowest BCUT2D eigenvalue weighted by molar-refractivity contribution is -0.138. The molecule has 3 nitrogen and oxygen atoms in total. The van der Waals surface area contributed by atoms with Crippen molar-refractivity contribution < 1.29 is 9.53 Å². The molecule has 0 fully saturated rings.